The van der Waals surface area contributed by atoms with Gasteiger partial charge in [-0.3, -0.25) is 4.79 Å². The van der Waals surface area contributed by atoms with Crippen LogP contribution in [0.5, 0.6) is 0 Å². The van der Waals surface area contributed by atoms with Crippen molar-refractivity contribution in [2.45, 2.75) is 12.5 Å². The van der Waals surface area contributed by atoms with E-state index in [0.29, 0.717) is 0 Å². The maximum atomic E-state index is 10.7. The zero-order chi connectivity index (χ0) is 8.27. The van der Waals surface area contributed by atoms with Crippen LogP contribution in [0.2, 0.25) is 0 Å². The summed E-state index contributed by atoms with van der Waals surface area (Å²) in [4.78, 5) is 12.8. The number of hydrogen-bond acceptors (Lipinski definition) is 3. The molecule has 1 unspecified atom stereocenters. The minimum absolute atomic E-state index is 0.236. The van der Waals surface area contributed by atoms with E-state index in [1.165, 1.54) is 0 Å². The summed E-state index contributed by atoms with van der Waals surface area (Å²) in [6.45, 7) is 1.52. The second-order valence-corrected chi connectivity index (χ2v) is 2.97. The van der Waals surface area contributed by atoms with E-state index in [0.717, 1.165) is 19.5 Å². The molecule has 0 aromatic carbocycles. The number of nitrogens with zero attached hydrogens (tertiary/aromatic N) is 1. The number of rotatable bonds is 2. The van der Waals surface area contributed by atoms with Gasteiger partial charge in [-0.25, -0.2) is 0 Å². The zero-order valence-electron chi connectivity index (χ0n) is 6.71. The van der Waals surface area contributed by atoms with Gasteiger partial charge in [-0.15, -0.1) is 0 Å². The van der Waals surface area contributed by atoms with Gasteiger partial charge in [-0.2, -0.15) is 0 Å². The van der Waals surface area contributed by atoms with Crippen molar-refractivity contribution in [1.29, 1.82) is 0 Å². The lowest BCUT2D eigenvalue weighted by Crippen LogP contribution is -2.38. The van der Waals surface area contributed by atoms with Crippen molar-refractivity contribution in [3.05, 3.63) is 0 Å². The van der Waals surface area contributed by atoms with Crippen molar-refractivity contribution in [3.8, 4) is 0 Å². The van der Waals surface area contributed by atoms with Crippen molar-refractivity contribution < 1.29 is 9.90 Å². The fourth-order valence-corrected chi connectivity index (χ4v) is 1.33. The standard InChI is InChI=1S/C7H14N2O2/c1-9-3-2-6(4-9)8-7(11)5-10/h6,10H,2-5H2,1H3,(H,8,11). The average molecular weight is 158 g/mol. The van der Waals surface area contributed by atoms with Gasteiger partial charge in [0.15, 0.2) is 0 Å². The summed E-state index contributed by atoms with van der Waals surface area (Å²) >= 11 is 0. The highest BCUT2D eigenvalue weighted by Gasteiger charge is 2.20. The first-order chi connectivity index (χ1) is 5.22. The average Bonchev–Trinajstić information content (AvgIpc) is 2.35. The summed E-state index contributed by atoms with van der Waals surface area (Å²) in [6.07, 6.45) is 0.988. The molecule has 11 heavy (non-hydrogen) atoms. The summed E-state index contributed by atoms with van der Waals surface area (Å²) in [5.41, 5.74) is 0. The molecule has 0 aliphatic carbocycles. The number of carbonyl (C=O) groups is 1. The van der Waals surface area contributed by atoms with Crippen LogP contribution in [0, 0.1) is 0 Å². The third-order valence-corrected chi connectivity index (χ3v) is 1.90. The maximum Gasteiger partial charge on any atom is 0.245 e. The van der Waals surface area contributed by atoms with E-state index in [1.807, 2.05) is 7.05 Å². The van der Waals surface area contributed by atoms with Crippen molar-refractivity contribution in [2.75, 3.05) is 26.7 Å². The number of hydrogen-bond donors (Lipinski definition) is 2. The molecule has 1 atom stereocenters. The van der Waals surface area contributed by atoms with E-state index in [9.17, 15) is 4.79 Å². The molecule has 1 fully saturated rings. The Kier molecular flexibility index (Phi) is 2.84. The lowest BCUT2D eigenvalue weighted by Gasteiger charge is -2.11. The number of likely N-dealkylation sites (tertiary alicyclic amines) is 1. The third kappa shape index (κ3) is 2.48. The van der Waals surface area contributed by atoms with Crippen LogP contribution in [0.1, 0.15) is 6.42 Å². The van der Waals surface area contributed by atoms with Crippen molar-refractivity contribution in [2.24, 2.45) is 0 Å². The molecule has 2 N–H and O–H groups in total. The van der Waals surface area contributed by atoms with Crippen LogP contribution in [-0.4, -0.2) is 48.7 Å². The number of carbonyl (C=O) groups excluding carboxylic acids is 1. The van der Waals surface area contributed by atoms with Crippen LogP contribution in [0.15, 0.2) is 0 Å². The number of likely N-dealkylation sites (N-methyl/N-ethyl adjacent to an activating group) is 1. The van der Waals surface area contributed by atoms with Crippen molar-refractivity contribution in [1.82, 2.24) is 10.2 Å². The Morgan fingerprint density at radius 2 is 2.55 bits per heavy atom. The minimum atomic E-state index is -0.403. The van der Waals surface area contributed by atoms with E-state index in [1.54, 1.807) is 0 Å². The van der Waals surface area contributed by atoms with Crippen LogP contribution in [0.3, 0.4) is 0 Å². The summed E-state index contributed by atoms with van der Waals surface area (Å²) < 4.78 is 0. The third-order valence-electron chi connectivity index (χ3n) is 1.90. The highest BCUT2D eigenvalue weighted by atomic mass is 16.3. The molecule has 0 radical (unpaired) electrons. The van der Waals surface area contributed by atoms with Gasteiger partial charge in [0.05, 0.1) is 0 Å². The summed E-state index contributed by atoms with van der Waals surface area (Å²) in [5, 5.41) is 11.2. The van der Waals surface area contributed by atoms with Gasteiger partial charge in [0.1, 0.15) is 6.61 Å². The van der Waals surface area contributed by atoms with Crippen LogP contribution in [0.25, 0.3) is 0 Å². The van der Waals surface area contributed by atoms with Gasteiger partial charge in [-0.05, 0) is 20.0 Å². The summed E-state index contributed by atoms with van der Waals surface area (Å²) in [6, 6.07) is 0.236. The number of amides is 1. The Morgan fingerprint density at radius 3 is 3.00 bits per heavy atom. The van der Waals surface area contributed by atoms with E-state index in [4.69, 9.17) is 5.11 Å². The topological polar surface area (TPSA) is 52.6 Å². The molecule has 1 rings (SSSR count). The lowest BCUT2D eigenvalue weighted by molar-refractivity contribution is -0.124. The molecule has 0 aromatic heterocycles. The lowest BCUT2D eigenvalue weighted by atomic mass is 10.2. The van der Waals surface area contributed by atoms with Gasteiger partial charge in [0.2, 0.25) is 5.91 Å². The number of nitrogens with one attached hydrogen (secondary N) is 1. The normalized spacial score (nSPS) is 25.5. The quantitative estimate of drug-likeness (QED) is 0.530. The first-order valence-corrected chi connectivity index (χ1v) is 3.81. The second kappa shape index (κ2) is 3.69. The molecule has 4 heteroatoms. The van der Waals surface area contributed by atoms with E-state index in [-0.39, 0.29) is 11.9 Å². The molecule has 0 aromatic rings. The minimum Gasteiger partial charge on any atom is -0.387 e. The Bertz CT molecular complexity index is 149. The van der Waals surface area contributed by atoms with Crippen molar-refractivity contribution >= 4 is 5.91 Å². The predicted molar refractivity (Wildman–Crippen MR) is 41.1 cm³/mol. The summed E-state index contributed by atoms with van der Waals surface area (Å²) in [5.74, 6) is -0.273. The molecular weight excluding hydrogens is 144 g/mol. The molecule has 1 aliphatic rings. The Morgan fingerprint density at radius 1 is 1.82 bits per heavy atom. The molecule has 1 amide bonds. The van der Waals surface area contributed by atoms with Crippen LogP contribution in [0.4, 0.5) is 0 Å². The Balaban J connectivity index is 2.23. The molecule has 0 spiro atoms. The highest BCUT2D eigenvalue weighted by Crippen LogP contribution is 2.05. The molecule has 0 bridgehead atoms. The van der Waals surface area contributed by atoms with Crippen LogP contribution in [-0.2, 0) is 4.79 Å². The molecule has 4 nitrogen and oxygen atoms in total. The molecule has 0 saturated carbocycles. The molecular formula is C7H14N2O2. The molecule has 1 saturated heterocycles. The zero-order valence-corrected chi connectivity index (χ0v) is 6.71. The number of aliphatic hydroxyl groups excluding tert-OH is 1. The van der Waals surface area contributed by atoms with Gasteiger partial charge >= 0.3 is 0 Å². The summed E-state index contributed by atoms with van der Waals surface area (Å²) in [7, 11) is 2.02. The van der Waals surface area contributed by atoms with Crippen LogP contribution < -0.4 is 5.32 Å². The fourth-order valence-electron chi connectivity index (χ4n) is 1.33. The second-order valence-electron chi connectivity index (χ2n) is 2.97. The Hall–Kier alpha value is -0.610. The van der Waals surface area contributed by atoms with Crippen molar-refractivity contribution in [3.63, 3.8) is 0 Å². The fraction of sp³-hybridized carbons (Fsp3) is 0.857. The SMILES string of the molecule is CN1CCC(NC(=O)CO)C1. The molecule has 1 heterocycles. The first kappa shape index (κ1) is 8.49. The molecule has 64 valence electrons. The van der Waals surface area contributed by atoms with Gasteiger partial charge in [-0.1, -0.05) is 0 Å². The monoisotopic (exact) mass is 158 g/mol. The Labute approximate surface area is 66.2 Å². The van der Waals surface area contributed by atoms with E-state index in [2.05, 4.69) is 10.2 Å². The van der Waals surface area contributed by atoms with E-state index >= 15 is 0 Å². The largest absolute Gasteiger partial charge is 0.387 e. The first-order valence-electron chi connectivity index (χ1n) is 3.81. The van der Waals surface area contributed by atoms with Gasteiger partial charge in [0, 0.05) is 12.6 Å². The smallest absolute Gasteiger partial charge is 0.245 e. The predicted octanol–water partition coefficient (Wildman–Crippen LogP) is -1.20. The number of aliphatic hydroxyl groups is 1. The van der Waals surface area contributed by atoms with Gasteiger partial charge < -0.3 is 15.3 Å². The maximum absolute atomic E-state index is 10.7. The highest BCUT2D eigenvalue weighted by molar-refractivity contribution is 5.77. The van der Waals surface area contributed by atoms with E-state index < -0.39 is 6.61 Å². The van der Waals surface area contributed by atoms with Gasteiger partial charge in [0.25, 0.3) is 0 Å². The van der Waals surface area contributed by atoms with Crippen LogP contribution >= 0.6 is 0 Å². The molecule has 1 aliphatic heterocycles.